The number of methoxy groups -OCH3 is 1. The first-order chi connectivity index (χ1) is 15.5. The highest BCUT2D eigenvalue weighted by Gasteiger charge is 2.32. The summed E-state index contributed by atoms with van der Waals surface area (Å²) in [5.41, 5.74) is 5.11. The molecule has 4 rings (SSSR count). The van der Waals surface area contributed by atoms with E-state index in [0.29, 0.717) is 11.3 Å². The van der Waals surface area contributed by atoms with Gasteiger partial charge in [-0.2, -0.15) is 0 Å². The molecule has 1 aromatic heterocycles. The minimum atomic E-state index is -1.12. The summed E-state index contributed by atoms with van der Waals surface area (Å²) >= 11 is 0. The largest absolute Gasteiger partial charge is 0.495 e. The van der Waals surface area contributed by atoms with Crippen LogP contribution < -0.4 is 4.74 Å². The predicted molar refractivity (Wildman–Crippen MR) is 119 cm³/mol. The molecule has 0 spiro atoms. The Bertz CT molecular complexity index is 1100. The van der Waals surface area contributed by atoms with Gasteiger partial charge >= 0.3 is 12.1 Å². The van der Waals surface area contributed by atoms with Crippen molar-refractivity contribution in [3.63, 3.8) is 0 Å². The molecule has 1 N–H and O–H groups in total. The van der Waals surface area contributed by atoms with E-state index in [4.69, 9.17) is 9.47 Å². The molecule has 1 heterocycles. The van der Waals surface area contributed by atoms with Crippen molar-refractivity contribution in [2.75, 3.05) is 20.8 Å². The first-order valence-electron chi connectivity index (χ1n) is 10.3. The van der Waals surface area contributed by atoms with Crippen molar-refractivity contribution in [1.29, 1.82) is 0 Å². The van der Waals surface area contributed by atoms with E-state index in [1.165, 1.54) is 20.4 Å². The minimum absolute atomic E-state index is 0.0836. The molecule has 1 aliphatic rings. The highest BCUT2D eigenvalue weighted by Crippen LogP contribution is 2.44. The van der Waals surface area contributed by atoms with Crippen molar-refractivity contribution < 1.29 is 24.2 Å². The molecule has 0 saturated heterocycles. The summed E-state index contributed by atoms with van der Waals surface area (Å²) in [4.78, 5) is 29.8. The Labute approximate surface area is 186 Å². The third-order valence-corrected chi connectivity index (χ3v) is 5.81. The molecule has 0 radical (unpaired) electrons. The third kappa shape index (κ3) is 4.14. The van der Waals surface area contributed by atoms with Gasteiger partial charge in [0.05, 0.1) is 13.3 Å². The summed E-state index contributed by atoms with van der Waals surface area (Å²) in [6.07, 6.45) is 2.49. The van der Waals surface area contributed by atoms with Crippen LogP contribution in [0.25, 0.3) is 11.1 Å². The fraction of sp³-hybridized carbons (Fsp3) is 0.240. The number of carbonyl (C=O) groups is 2. The highest BCUT2D eigenvalue weighted by atomic mass is 16.6. The summed E-state index contributed by atoms with van der Waals surface area (Å²) in [5, 5.41) is 9.72. The van der Waals surface area contributed by atoms with E-state index in [2.05, 4.69) is 17.1 Å². The number of likely N-dealkylation sites (N-methyl/N-ethyl adjacent to an activating group) is 1. The molecule has 0 saturated carbocycles. The van der Waals surface area contributed by atoms with Gasteiger partial charge in [0, 0.05) is 25.6 Å². The van der Waals surface area contributed by atoms with Crippen molar-refractivity contribution in [3.05, 3.63) is 83.7 Å². The zero-order valence-corrected chi connectivity index (χ0v) is 17.9. The molecule has 0 aliphatic heterocycles. The number of amides is 1. The van der Waals surface area contributed by atoms with Crippen LogP contribution in [0.5, 0.6) is 5.75 Å². The van der Waals surface area contributed by atoms with Crippen LogP contribution in [0, 0.1) is 0 Å². The Morgan fingerprint density at radius 3 is 2.28 bits per heavy atom. The van der Waals surface area contributed by atoms with Gasteiger partial charge in [0.25, 0.3) is 0 Å². The second kappa shape index (κ2) is 9.09. The summed E-state index contributed by atoms with van der Waals surface area (Å²) < 4.78 is 10.7. The van der Waals surface area contributed by atoms with Gasteiger partial charge in [0.1, 0.15) is 18.4 Å². The lowest BCUT2D eigenvalue weighted by molar-refractivity contribution is -0.142. The van der Waals surface area contributed by atoms with Crippen LogP contribution in [-0.4, -0.2) is 53.9 Å². The smallest absolute Gasteiger partial charge is 0.410 e. The number of benzene rings is 2. The molecule has 7 nitrogen and oxygen atoms in total. The maximum atomic E-state index is 12.8. The highest BCUT2D eigenvalue weighted by molar-refractivity contribution is 5.81. The normalized spacial score (nSPS) is 13.1. The number of carboxylic acids is 1. The first-order valence-corrected chi connectivity index (χ1v) is 10.3. The molecule has 32 heavy (non-hydrogen) atoms. The van der Waals surface area contributed by atoms with Crippen molar-refractivity contribution in [2.45, 2.75) is 18.4 Å². The summed E-state index contributed by atoms with van der Waals surface area (Å²) in [7, 11) is 2.95. The number of hydrogen-bond acceptors (Lipinski definition) is 5. The van der Waals surface area contributed by atoms with E-state index in [0.717, 1.165) is 27.2 Å². The van der Waals surface area contributed by atoms with E-state index in [-0.39, 0.29) is 18.9 Å². The molecule has 0 unspecified atom stereocenters. The number of nitrogens with zero attached hydrogens (tertiary/aromatic N) is 2. The number of ether oxygens (including phenoxy) is 2. The van der Waals surface area contributed by atoms with Crippen LogP contribution in [0.4, 0.5) is 4.79 Å². The zero-order valence-electron chi connectivity index (χ0n) is 17.9. The molecule has 0 bridgehead atoms. The number of aliphatic carboxylic acids is 1. The number of carbonyl (C=O) groups excluding carboxylic acids is 1. The molecule has 3 aromatic rings. The van der Waals surface area contributed by atoms with Crippen LogP contribution in [0.2, 0.25) is 0 Å². The average Bonchev–Trinajstić information content (AvgIpc) is 3.14. The molecular weight excluding hydrogens is 408 g/mol. The van der Waals surface area contributed by atoms with Gasteiger partial charge in [-0.05, 0) is 33.9 Å². The Hall–Kier alpha value is -3.87. The number of pyridine rings is 1. The Kier molecular flexibility index (Phi) is 6.07. The van der Waals surface area contributed by atoms with Crippen molar-refractivity contribution in [2.24, 2.45) is 0 Å². The Morgan fingerprint density at radius 2 is 1.69 bits per heavy atom. The van der Waals surface area contributed by atoms with Crippen LogP contribution in [0.15, 0.2) is 67.0 Å². The Balaban J connectivity index is 1.47. The minimum Gasteiger partial charge on any atom is -0.495 e. The zero-order chi connectivity index (χ0) is 22.7. The molecule has 1 amide bonds. The van der Waals surface area contributed by atoms with E-state index < -0.39 is 18.1 Å². The van der Waals surface area contributed by atoms with E-state index in [9.17, 15) is 14.7 Å². The van der Waals surface area contributed by atoms with Crippen molar-refractivity contribution >= 4 is 12.1 Å². The second-order valence-corrected chi connectivity index (χ2v) is 7.71. The van der Waals surface area contributed by atoms with Crippen LogP contribution >= 0.6 is 0 Å². The molecule has 164 valence electrons. The molecule has 0 fully saturated rings. The number of aromatic nitrogens is 1. The van der Waals surface area contributed by atoms with Gasteiger partial charge in [-0.3, -0.25) is 9.88 Å². The lowest BCUT2D eigenvalue weighted by Crippen LogP contribution is -2.44. The maximum absolute atomic E-state index is 12.8. The molecule has 2 aromatic carbocycles. The second-order valence-electron chi connectivity index (χ2n) is 7.71. The average molecular weight is 432 g/mol. The van der Waals surface area contributed by atoms with Gasteiger partial charge in [-0.25, -0.2) is 9.59 Å². The molecular formula is C25H24N2O5. The number of hydrogen-bond donors (Lipinski definition) is 1. The van der Waals surface area contributed by atoms with Crippen LogP contribution in [0.1, 0.15) is 22.6 Å². The molecule has 1 aliphatic carbocycles. The first kappa shape index (κ1) is 21.4. The third-order valence-electron chi connectivity index (χ3n) is 5.81. The molecule has 1 atom stereocenters. The number of rotatable bonds is 7. The van der Waals surface area contributed by atoms with Crippen LogP contribution in [0.3, 0.4) is 0 Å². The van der Waals surface area contributed by atoms with E-state index in [1.54, 1.807) is 12.3 Å². The number of fused-ring (bicyclic) bond motifs is 3. The summed E-state index contributed by atoms with van der Waals surface area (Å²) in [6.45, 7) is 0.129. The predicted octanol–water partition coefficient (Wildman–Crippen LogP) is 3.97. The van der Waals surface area contributed by atoms with Crippen molar-refractivity contribution in [1.82, 2.24) is 9.88 Å². The standard InChI is InChI=1S/C25H24N2O5/c1-27(23(24(28)29)12-16-11-17(31-2)14-26-13-16)25(30)32-15-22-20-9-5-3-7-18(20)19-8-4-6-10-21(19)22/h3-11,13-14,22-23H,12,15H2,1-2H3,(H,28,29)/t23-/m0/s1. The van der Waals surface area contributed by atoms with Gasteiger partial charge in [-0.15, -0.1) is 0 Å². The van der Waals surface area contributed by atoms with E-state index >= 15 is 0 Å². The van der Waals surface area contributed by atoms with Gasteiger partial charge in [-0.1, -0.05) is 48.5 Å². The maximum Gasteiger partial charge on any atom is 0.410 e. The van der Waals surface area contributed by atoms with Gasteiger partial charge in [0.15, 0.2) is 0 Å². The van der Waals surface area contributed by atoms with Crippen LogP contribution in [-0.2, 0) is 16.0 Å². The lowest BCUT2D eigenvalue weighted by Gasteiger charge is -2.25. The fourth-order valence-electron chi connectivity index (χ4n) is 4.12. The van der Waals surface area contributed by atoms with E-state index in [1.807, 2.05) is 36.4 Å². The monoisotopic (exact) mass is 432 g/mol. The Morgan fingerprint density at radius 1 is 1.06 bits per heavy atom. The topological polar surface area (TPSA) is 89.0 Å². The van der Waals surface area contributed by atoms with Gasteiger partial charge in [0.2, 0.25) is 0 Å². The summed E-state index contributed by atoms with van der Waals surface area (Å²) in [6, 6.07) is 16.7. The number of carboxylic acid groups (broad SMARTS) is 1. The lowest BCUT2D eigenvalue weighted by atomic mass is 9.98. The summed E-state index contributed by atoms with van der Waals surface area (Å²) in [5.74, 6) is -0.690. The SMILES string of the molecule is COc1cncc(C[C@@H](C(=O)O)N(C)C(=O)OCC2c3ccccc3-c3ccccc32)c1. The van der Waals surface area contributed by atoms with Crippen molar-refractivity contribution in [3.8, 4) is 16.9 Å². The fourth-order valence-corrected chi connectivity index (χ4v) is 4.12. The molecule has 7 heteroatoms. The quantitative estimate of drug-likeness (QED) is 0.608. The van der Waals surface area contributed by atoms with Gasteiger partial charge < -0.3 is 14.6 Å².